The highest BCUT2D eigenvalue weighted by atomic mass is 79.9. The van der Waals surface area contributed by atoms with E-state index in [9.17, 15) is 8.78 Å². The molecular weight excluding hydrogens is 316 g/mol. The van der Waals surface area contributed by atoms with Gasteiger partial charge in [-0.2, -0.15) is 0 Å². The minimum absolute atomic E-state index is 0.284. The summed E-state index contributed by atoms with van der Waals surface area (Å²) in [5.41, 5.74) is 0.698. The second kappa shape index (κ2) is 6.52. The first-order valence-corrected chi connectivity index (χ1v) is 6.52. The quantitative estimate of drug-likeness (QED) is 0.830. The van der Waals surface area contributed by atoms with E-state index in [4.69, 9.17) is 4.74 Å². The van der Waals surface area contributed by atoms with Crippen LogP contribution in [-0.4, -0.2) is 13.2 Å². The van der Waals surface area contributed by atoms with Crippen LogP contribution in [0.2, 0.25) is 0 Å². The van der Waals surface area contributed by atoms with Crippen LogP contribution >= 0.6 is 15.9 Å². The fourth-order valence-corrected chi connectivity index (χ4v) is 1.89. The molecule has 5 heteroatoms. The van der Waals surface area contributed by atoms with Crippen LogP contribution in [-0.2, 0) is 0 Å². The average molecular weight is 328 g/mol. The van der Waals surface area contributed by atoms with Gasteiger partial charge in [0.25, 0.3) is 0 Å². The number of ether oxygens (including phenoxy) is 1. The van der Waals surface area contributed by atoms with E-state index in [0.29, 0.717) is 29.1 Å². The van der Waals surface area contributed by atoms with Crippen LogP contribution < -0.4 is 10.1 Å². The molecule has 0 aliphatic rings. The van der Waals surface area contributed by atoms with Crippen LogP contribution in [0.1, 0.15) is 0 Å². The zero-order valence-corrected chi connectivity index (χ0v) is 11.6. The normalized spacial score (nSPS) is 10.3. The summed E-state index contributed by atoms with van der Waals surface area (Å²) in [6.45, 7) is 0.924. The monoisotopic (exact) mass is 327 g/mol. The molecule has 0 aromatic heterocycles. The summed E-state index contributed by atoms with van der Waals surface area (Å²) in [4.78, 5) is 0. The Bertz CT molecular complexity index is 563. The summed E-state index contributed by atoms with van der Waals surface area (Å²) < 4.78 is 31.7. The van der Waals surface area contributed by atoms with Crippen molar-refractivity contribution in [3.05, 3.63) is 58.6 Å². The van der Waals surface area contributed by atoms with Gasteiger partial charge in [0, 0.05) is 12.2 Å². The van der Waals surface area contributed by atoms with Crippen molar-refractivity contribution in [2.75, 3.05) is 18.5 Å². The van der Waals surface area contributed by atoms with E-state index in [-0.39, 0.29) is 11.6 Å². The van der Waals surface area contributed by atoms with Crippen molar-refractivity contribution in [1.82, 2.24) is 0 Å². The van der Waals surface area contributed by atoms with Crippen molar-refractivity contribution in [1.29, 1.82) is 0 Å². The van der Waals surface area contributed by atoms with Gasteiger partial charge in [-0.15, -0.1) is 0 Å². The van der Waals surface area contributed by atoms with E-state index in [1.54, 1.807) is 24.3 Å². The largest absolute Gasteiger partial charge is 0.492 e. The number of hydrogen-bond donors (Lipinski definition) is 1. The van der Waals surface area contributed by atoms with Crippen LogP contribution in [0.3, 0.4) is 0 Å². The van der Waals surface area contributed by atoms with E-state index in [1.165, 1.54) is 18.2 Å². The zero-order chi connectivity index (χ0) is 13.7. The van der Waals surface area contributed by atoms with Crippen molar-refractivity contribution in [3.63, 3.8) is 0 Å². The topological polar surface area (TPSA) is 21.3 Å². The van der Waals surface area contributed by atoms with Crippen molar-refractivity contribution in [2.24, 2.45) is 0 Å². The highest BCUT2D eigenvalue weighted by molar-refractivity contribution is 9.10. The molecule has 0 fully saturated rings. The molecule has 2 aromatic carbocycles. The lowest BCUT2D eigenvalue weighted by atomic mass is 10.3. The van der Waals surface area contributed by atoms with Gasteiger partial charge < -0.3 is 10.1 Å². The molecule has 0 unspecified atom stereocenters. The van der Waals surface area contributed by atoms with Gasteiger partial charge in [0.15, 0.2) is 0 Å². The first kappa shape index (κ1) is 13.8. The lowest BCUT2D eigenvalue weighted by molar-refractivity contribution is 0.332. The van der Waals surface area contributed by atoms with Gasteiger partial charge in [0.2, 0.25) is 0 Å². The molecule has 0 heterocycles. The number of benzene rings is 2. The van der Waals surface area contributed by atoms with Crippen LogP contribution in [0.25, 0.3) is 0 Å². The molecule has 19 heavy (non-hydrogen) atoms. The zero-order valence-electron chi connectivity index (χ0n) is 10.00. The highest BCUT2D eigenvalue weighted by Crippen LogP contribution is 2.21. The molecule has 0 aliphatic carbocycles. The van der Waals surface area contributed by atoms with Gasteiger partial charge in [-0.25, -0.2) is 8.78 Å². The third-order valence-electron chi connectivity index (χ3n) is 2.42. The smallest absolute Gasteiger partial charge is 0.137 e. The number of halogens is 3. The molecular formula is C14H12BrF2NO. The molecule has 0 aliphatic heterocycles. The fraction of sp³-hybridized carbons (Fsp3) is 0.143. The Morgan fingerprint density at radius 1 is 1.11 bits per heavy atom. The first-order chi connectivity index (χ1) is 9.15. The highest BCUT2D eigenvalue weighted by Gasteiger charge is 2.01. The predicted molar refractivity (Wildman–Crippen MR) is 74.5 cm³/mol. The lowest BCUT2D eigenvalue weighted by Gasteiger charge is -2.09. The Morgan fingerprint density at radius 2 is 1.95 bits per heavy atom. The number of anilines is 1. The number of hydrogen-bond acceptors (Lipinski definition) is 2. The molecule has 1 N–H and O–H groups in total. The molecule has 0 radical (unpaired) electrons. The Balaban J connectivity index is 1.79. The van der Waals surface area contributed by atoms with Gasteiger partial charge in [0.1, 0.15) is 24.0 Å². The molecule has 0 saturated heterocycles. The maximum atomic E-state index is 13.0. The molecule has 0 saturated carbocycles. The predicted octanol–water partition coefficient (Wildman–Crippen LogP) is 4.22. The molecule has 0 atom stereocenters. The van der Waals surface area contributed by atoms with Crippen LogP contribution in [0.5, 0.6) is 5.75 Å². The lowest BCUT2D eigenvalue weighted by Crippen LogP contribution is -2.11. The van der Waals surface area contributed by atoms with E-state index in [1.807, 2.05) is 0 Å². The molecule has 0 amide bonds. The van der Waals surface area contributed by atoms with Crippen LogP contribution in [0.15, 0.2) is 46.9 Å². The van der Waals surface area contributed by atoms with E-state index >= 15 is 0 Å². The summed E-state index contributed by atoms with van der Waals surface area (Å²) in [5.74, 6) is -0.0343. The van der Waals surface area contributed by atoms with Gasteiger partial charge in [-0.05, 0) is 52.3 Å². The summed E-state index contributed by atoms with van der Waals surface area (Å²) in [7, 11) is 0. The molecule has 2 nitrogen and oxygen atoms in total. The Labute approximate surface area is 118 Å². The van der Waals surface area contributed by atoms with Gasteiger partial charge >= 0.3 is 0 Å². The van der Waals surface area contributed by atoms with E-state index < -0.39 is 0 Å². The Kier molecular flexibility index (Phi) is 4.74. The second-order valence-corrected chi connectivity index (χ2v) is 4.72. The Morgan fingerprint density at radius 3 is 2.68 bits per heavy atom. The molecule has 0 spiro atoms. The van der Waals surface area contributed by atoms with Gasteiger partial charge in [0.05, 0.1) is 4.47 Å². The van der Waals surface area contributed by atoms with E-state index in [2.05, 4.69) is 21.2 Å². The molecule has 100 valence electrons. The standard InChI is InChI=1S/C14H12BrF2NO/c15-13-9-12(4-5-14(13)17)19-7-6-18-11-3-1-2-10(16)8-11/h1-5,8-9,18H,6-7H2. The van der Waals surface area contributed by atoms with Crippen LogP contribution in [0, 0.1) is 11.6 Å². The van der Waals surface area contributed by atoms with E-state index in [0.717, 1.165) is 0 Å². The van der Waals surface area contributed by atoms with Crippen molar-refractivity contribution in [2.45, 2.75) is 0 Å². The van der Waals surface area contributed by atoms with Crippen molar-refractivity contribution >= 4 is 21.6 Å². The second-order valence-electron chi connectivity index (χ2n) is 3.86. The Hall–Kier alpha value is -1.62. The third kappa shape index (κ3) is 4.21. The SMILES string of the molecule is Fc1cccc(NCCOc2ccc(F)c(Br)c2)c1. The van der Waals surface area contributed by atoms with Gasteiger partial charge in [-0.3, -0.25) is 0 Å². The fourth-order valence-electron chi connectivity index (χ4n) is 1.53. The molecule has 0 bridgehead atoms. The summed E-state index contributed by atoms with van der Waals surface area (Å²) in [6.07, 6.45) is 0. The average Bonchev–Trinajstić information content (AvgIpc) is 2.39. The first-order valence-electron chi connectivity index (χ1n) is 5.72. The van der Waals surface area contributed by atoms with Gasteiger partial charge in [-0.1, -0.05) is 6.07 Å². The van der Waals surface area contributed by atoms with Crippen molar-refractivity contribution < 1.29 is 13.5 Å². The molecule has 2 rings (SSSR count). The van der Waals surface area contributed by atoms with Crippen molar-refractivity contribution in [3.8, 4) is 5.75 Å². The number of nitrogens with one attached hydrogen (secondary N) is 1. The number of rotatable bonds is 5. The minimum Gasteiger partial charge on any atom is -0.492 e. The summed E-state index contributed by atoms with van der Waals surface area (Å²) in [6, 6.07) is 10.7. The van der Waals surface area contributed by atoms with Crippen LogP contribution in [0.4, 0.5) is 14.5 Å². The molecule has 2 aromatic rings. The maximum absolute atomic E-state index is 13.0. The summed E-state index contributed by atoms with van der Waals surface area (Å²) in [5, 5.41) is 3.03. The summed E-state index contributed by atoms with van der Waals surface area (Å²) >= 11 is 3.09. The maximum Gasteiger partial charge on any atom is 0.137 e. The minimum atomic E-state index is -0.328. The third-order valence-corrected chi connectivity index (χ3v) is 3.02.